The Balaban J connectivity index is 2.09. The average molecular weight is 244 g/mol. The largest absolute Gasteiger partial charge is 0.497 e. The van der Waals surface area contributed by atoms with Gasteiger partial charge in [0.15, 0.2) is 0 Å². The third kappa shape index (κ3) is 3.13. The molecule has 1 N–H and O–H groups in total. The lowest BCUT2D eigenvalue weighted by Crippen LogP contribution is -2.01. The molecule has 0 saturated heterocycles. The van der Waals surface area contributed by atoms with Crippen LogP contribution in [0.2, 0.25) is 0 Å². The number of pyridine rings is 1. The summed E-state index contributed by atoms with van der Waals surface area (Å²) in [5, 5.41) is 3.24. The van der Waals surface area contributed by atoms with Crippen molar-refractivity contribution < 1.29 is 9.47 Å². The Morgan fingerprint density at radius 1 is 1.06 bits per heavy atom. The third-order valence-electron chi connectivity index (χ3n) is 2.55. The van der Waals surface area contributed by atoms with Crippen LogP contribution in [0.1, 0.15) is 5.56 Å². The van der Waals surface area contributed by atoms with Gasteiger partial charge in [-0.3, -0.25) is 0 Å². The molecule has 94 valence electrons. The molecule has 4 nitrogen and oxygen atoms in total. The van der Waals surface area contributed by atoms with Crippen molar-refractivity contribution in [2.75, 3.05) is 19.5 Å². The Morgan fingerprint density at radius 2 is 1.78 bits per heavy atom. The molecule has 0 saturated carbocycles. The van der Waals surface area contributed by atoms with Gasteiger partial charge in [-0.2, -0.15) is 0 Å². The maximum absolute atomic E-state index is 5.23. The lowest BCUT2D eigenvalue weighted by atomic mass is 10.2. The highest BCUT2D eigenvalue weighted by Crippen LogP contribution is 2.22. The van der Waals surface area contributed by atoms with E-state index in [9.17, 15) is 0 Å². The van der Waals surface area contributed by atoms with E-state index in [0.717, 1.165) is 22.9 Å². The van der Waals surface area contributed by atoms with E-state index in [2.05, 4.69) is 10.3 Å². The Labute approximate surface area is 107 Å². The monoisotopic (exact) mass is 244 g/mol. The van der Waals surface area contributed by atoms with Gasteiger partial charge in [-0.15, -0.1) is 0 Å². The minimum atomic E-state index is 0.671. The molecule has 0 atom stereocenters. The number of hydrogen-bond acceptors (Lipinski definition) is 4. The predicted octanol–water partition coefficient (Wildman–Crippen LogP) is 2.71. The van der Waals surface area contributed by atoms with Crippen LogP contribution in [0.4, 0.5) is 5.82 Å². The Bertz CT molecular complexity index is 478. The fourth-order valence-electron chi connectivity index (χ4n) is 1.63. The second-order valence-electron chi connectivity index (χ2n) is 3.79. The molecule has 0 aliphatic rings. The van der Waals surface area contributed by atoms with Crippen LogP contribution in [0.3, 0.4) is 0 Å². The van der Waals surface area contributed by atoms with Crippen LogP contribution in [0.25, 0.3) is 0 Å². The fourth-order valence-corrected chi connectivity index (χ4v) is 1.63. The molecule has 1 aromatic heterocycles. The second-order valence-corrected chi connectivity index (χ2v) is 3.79. The lowest BCUT2D eigenvalue weighted by molar-refractivity contribution is 0.393. The van der Waals surface area contributed by atoms with Crippen molar-refractivity contribution in [1.29, 1.82) is 0 Å². The highest BCUT2D eigenvalue weighted by atomic mass is 16.5. The summed E-state index contributed by atoms with van der Waals surface area (Å²) in [5.74, 6) is 2.42. The normalized spacial score (nSPS) is 9.89. The summed E-state index contributed by atoms with van der Waals surface area (Å²) in [6.45, 7) is 0.671. The van der Waals surface area contributed by atoms with E-state index >= 15 is 0 Å². The van der Waals surface area contributed by atoms with E-state index in [-0.39, 0.29) is 0 Å². The molecule has 0 spiro atoms. The Kier molecular flexibility index (Phi) is 4.02. The summed E-state index contributed by atoms with van der Waals surface area (Å²) >= 11 is 0. The van der Waals surface area contributed by atoms with Crippen molar-refractivity contribution in [3.63, 3.8) is 0 Å². The lowest BCUT2D eigenvalue weighted by Gasteiger charge is -2.09. The van der Waals surface area contributed by atoms with Crippen molar-refractivity contribution >= 4 is 5.82 Å². The summed E-state index contributed by atoms with van der Waals surface area (Å²) in [5.41, 5.74) is 1.08. The number of anilines is 1. The van der Waals surface area contributed by atoms with E-state index in [1.54, 1.807) is 20.4 Å². The molecule has 2 rings (SSSR count). The smallest absolute Gasteiger partial charge is 0.126 e. The topological polar surface area (TPSA) is 43.4 Å². The van der Waals surface area contributed by atoms with Crippen LogP contribution >= 0.6 is 0 Å². The number of methoxy groups -OCH3 is 2. The van der Waals surface area contributed by atoms with E-state index in [4.69, 9.17) is 9.47 Å². The first-order chi connectivity index (χ1) is 8.81. The zero-order valence-electron chi connectivity index (χ0n) is 10.5. The first kappa shape index (κ1) is 12.2. The number of nitrogens with one attached hydrogen (secondary N) is 1. The SMILES string of the molecule is COc1cc(CNc2ccccn2)cc(OC)c1. The first-order valence-electron chi connectivity index (χ1n) is 5.68. The summed E-state index contributed by atoms with van der Waals surface area (Å²) in [6, 6.07) is 11.6. The first-order valence-corrected chi connectivity index (χ1v) is 5.68. The summed E-state index contributed by atoms with van der Waals surface area (Å²) in [4.78, 5) is 4.21. The summed E-state index contributed by atoms with van der Waals surface area (Å²) < 4.78 is 10.5. The van der Waals surface area contributed by atoms with Crippen LogP contribution < -0.4 is 14.8 Å². The van der Waals surface area contributed by atoms with Gasteiger partial charge in [0.25, 0.3) is 0 Å². The number of ether oxygens (including phenoxy) is 2. The predicted molar refractivity (Wildman–Crippen MR) is 71.1 cm³/mol. The quantitative estimate of drug-likeness (QED) is 0.878. The van der Waals surface area contributed by atoms with Gasteiger partial charge in [0.2, 0.25) is 0 Å². The third-order valence-corrected chi connectivity index (χ3v) is 2.55. The number of aromatic nitrogens is 1. The van der Waals surface area contributed by atoms with Gasteiger partial charge in [0, 0.05) is 18.8 Å². The van der Waals surface area contributed by atoms with Crippen LogP contribution in [-0.4, -0.2) is 19.2 Å². The Morgan fingerprint density at radius 3 is 2.33 bits per heavy atom. The van der Waals surface area contributed by atoms with Gasteiger partial charge < -0.3 is 14.8 Å². The molecule has 0 aliphatic carbocycles. The van der Waals surface area contributed by atoms with Gasteiger partial charge in [0.1, 0.15) is 17.3 Å². The molecule has 2 aromatic rings. The second kappa shape index (κ2) is 5.91. The molecule has 0 amide bonds. The van der Waals surface area contributed by atoms with Gasteiger partial charge in [-0.05, 0) is 29.8 Å². The van der Waals surface area contributed by atoms with Gasteiger partial charge >= 0.3 is 0 Å². The molecule has 0 fully saturated rings. The number of hydrogen-bond donors (Lipinski definition) is 1. The van der Waals surface area contributed by atoms with Crippen molar-refractivity contribution in [1.82, 2.24) is 4.98 Å². The van der Waals surface area contributed by atoms with Gasteiger partial charge in [-0.1, -0.05) is 6.07 Å². The highest BCUT2D eigenvalue weighted by Gasteiger charge is 2.02. The number of nitrogens with zero attached hydrogens (tertiary/aromatic N) is 1. The van der Waals surface area contributed by atoms with Crippen molar-refractivity contribution in [2.45, 2.75) is 6.54 Å². The molecule has 18 heavy (non-hydrogen) atoms. The molecule has 0 radical (unpaired) electrons. The molecule has 0 bridgehead atoms. The summed E-state index contributed by atoms with van der Waals surface area (Å²) in [7, 11) is 3.29. The highest BCUT2D eigenvalue weighted by molar-refractivity contribution is 5.41. The minimum absolute atomic E-state index is 0.671. The maximum atomic E-state index is 5.23. The summed E-state index contributed by atoms with van der Waals surface area (Å²) in [6.07, 6.45) is 1.76. The Hall–Kier alpha value is -2.23. The molecule has 1 heterocycles. The van der Waals surface area contributed by atoms with Crippen LogP contribution in [0.15, 0.2) is 42.6 Å². The van der Waals surface area contributed by atoms with E-state index < -0.39 is 0 Å². The number of benzene rings is 1. The zero-order chi connectivity index (χ0) is 12.8. The molecule has 0 unspecified atom stereocenters. The van der Waals surface area contributed by atoms with Crippen LogP contribution in [0, 0.1) is 0 Å². The molecule has 4 heteroatoms. The van der Waals surface area contributed by atoms with Crippen LogP contribution in [-0.2, 0) is 6.54 Å². The molecular formula is C14H16N2O2. The molecule has 0 aliphatic heterocycles. The minimum Gasteiger partial charge on any atom is -0.497 e. The molecular weight excluding hydrogens is 228 g/mol. The standard InChI is InChI=1S/C14H16N2O2/c1-17-12-7-11(8-13(9-12)18-2)10-16-14-5-3-4-6-15-14/h3-9H,10H2,1-2H3,(H,15,16). The average Bonchev–Trinajstić information content (AvgIpc) is 2.45. The van der Waals surface area contributed by atoms with E-state index in [1.165, 1.54) is 0 Å². The van der Waals surface area contributed by atoms with Crippen molar-refractivity contribution in [3.8, 4) is 11.5 Å². The van der Waals surface area contributed by atoms with E-state index in [0.29, 0.717) is 6.54 Å². The zero-order valence-corrected chi connectivity index (χ0v) is 10.5. The molecule has 1 aromatic carbocycles. The van der Waals surface area contributed by atoms with Crippen LogP contribution in [0.5, 0.6) is 11.5 Å². The van der Waals surface area contributed by atoms with Crippen molar-refractivity contribution in [3.05, 3.63) is 48.2 Å². The van der Waals surface area contributed by atoms with Gasteiger partial charge in [-0.25, -0.2) is 4.98 Å². The fraction of sp³-hybridized carbons (Fsp3) is 0.214. The van der Waals surface area contributed by atoms with Gasteiger partial charge in [0.05, 0.1) is 14.2 Å². The van der Waals surface area contributed by atoms with Crippen molar-refractivity contribution in [2.24, 2.45) is 0 Å². The number of rotatable bonds is 5. The van der Waals surface area contributed by atoms with E-state index in [1.807, 2.05) is 36.4 Å². The maximum Gasteiger partial charge on any atom is 0.126 e.